The second-order valence-electron chi connectivity index (χ2n) is 3.35. The van der Waals surface area contributed by atoms with Crippen molar-refractivity contribution in [2.45, 2.75) is 6.61 Å². The molecule has 0 N–H and O–H groups in total. The van der Waals surface area contributed by atoms with E-state index < -0.39 is 10.4 Å². The first-order chi connectivity index (χ1) is 9.14. The van der Waals surface area contributed by atoms with Gasteiger partial charge in [0.2, 0.25) is 0 Å². The van der Waals surface area contributed by atoms with Crippen molar-refractivity contribution in [1.29, 1.82) is 0 Å². The lowest BCUT2D eigenvalue weighted by Crippen LogP contribution is -2.06. The SMILES string of the molecule is COS(=O)(=O)OCc1ccccc1.c1ccncc1. The van der Waals surface area contributed by atoms with E-state index in [1.807, 2.05) is 24.3 Å². The number of hydrogen-bond acceptors (Lipinski definition) is 5. The van der Waals surface area contributed by atoms with Crippen molar-refractivity contribution in [2.24, 2.45) is 0 Å². The third-order valence-electron chi connectivity index (χ3n) is 1.98. The molecule has 0 saturated carbocycles. The van der Waals surface area contributed by atoms with E-state index in [-0.39, 0.29) is 6.61 Å². The van der Waals surface area contributed by atoms with Gasteiger partial charge in [0, 0.05) is 12.4 Å². The zero-order chi connectivity index (χ0) is 14.0. The monoisotopic (exact) mass is 281 g/mol. The molecule has 19 heavy (non-hydrogen) atoms. The largest absolute Gasteiger partial charge is 0.399 e. The molecule has 2 rings (SSSR count). The highest BCUT2D eigenvalue weighted by molar-refractivity contribution is 7.81. The van der Waals surface area contributed by atoms with Crippen LogP contribution in [0.15, 0.2) is 60.9 Å². The van der Waals surface area contributed by atoms with Crippen LogP contribution in [0.25, 0.3) is 0 Å². The molecule has 1 aromatic heterocycles. The van der Waals surface area contributed by atoms with Gasteiger partial charge in [-0.25, -0.2) is 4.18 Å². The van der Waals surface area contributed by atoms with Crippen LogP contribution in [0.5, 0.6) is 0 Å². The second kappa shape index (κ2) is 8.36. The van der Waals surface area contributed by atoms with E-state index in [0.29, 0.717) is 0 Å². The van der Waals surface area contributed by atoms with Gasteiger partial charge in [0.1, 0.15) is 0 Å². The molecule has 0 saturated heterocycles. The number of rotatable bonds is 4. The van der Waals surface area contributed by atoms with Crippen LogP contribution in [0, 0.1) is 0 Å². The molecule has 0 aliphatic heterocycles. The third kappa shape index (κ3) is 7.30. The van der Waals surface area contributed by atoms with Gasteiger partial charge in [0.25, 0.3) is 0 Å². The van der Waals surface area contributed by atoms with Gasteiger partial charge in [-0.05, 0) is 17.7 Å². The minimum absolute atomic E-state index is 0.00296. The molecule has 0 bridgehead atoms. The molecule has 0 unspecified atom stereocenters. The Morgan fingerprint density at radius 3 is 2.00 bits per heavy atom. The molecule has 5 nitrogen and oxygen atoms in total. The summed E-state index contributed by atoms with van der Waals surface area (Å²) in [5.41, 5.74) is 0.781. The molecule has 0 aliphatic carbocycles. The first-order valence-corrected chi connectivity index (χ1v) is 6.81. The number of benzene rings is 1. The van der Waals surface area contributed by atoms with E-state index in [9.17, 15) is 8.42 Å². The molecule has 102 valence electrons. The van der Waals surface area contributed by atoms with Gasteiger partial charge in [-0.3, -0.25) is 9.17 Å². The first-order valence-electron chi connectivity index (χ1n) is 5.48. The summed E-state index contributed by atoms with van der Waals surface area (Å²) in [6.07, 6.45) is 3.50. The summed E-state index contributed by atoms with van der Waals surface area (Å²) in [7, 11) is -2.76. The summed E-state index contributed by atoms with van der Waals surface area (Å²) < 4.78 is 30.1. The lowest BCUT2D eigenvalue weighted by Gasteiger charge is -2.01. The Bertz CT molecular complexity index is 517. The summed E-state index contributed by atoms with van der Waals surface area (Å²) in [5.74, 6) is 0. The van der Waals surface area contributed by atoms with Crippen LogP contribution in [0.2, 0.25) is 0 Å². The quantitative estimate of drug-likeness (QED) is 0.859. The van der Waals surface area contributed by atoms with E-state index in [0.717, 1.165) is 12.7 Å². The summed E-state index contributed by atoms with van der Waals surface area (Å²) in [6.45, 7) is -0.00296. The number of pyridine rings is 1. The van der Waals surface area contributed by atoms with Gasteiger partial charge in [0.15, 0.2) is 0 Å². The van der Waals surface area contributed by atoms with Crippen molar-refractivity contribution in [3.63, 3.8) is 0 Å². The molecule has 2 aromatic rings. The van der Waals surface area contributed by atoms with Gasteiger partial charge >= 0.3 is 10.4 Å². The van der Waals surface area contributed by atoms with Crippen LogP contribution < -0.4 is 0 Å². The fraction of sp³-hybridized carbons (Fsp3) is 0.154. The summed E-state index contributed by atoms with van der Waals surface area (Å²) in [5, 5.41) is 0. The van der Waals surface area contributed by atoms with Gasteiger partial charge in [-0.15, -0.1) is 0 Å². The van der Waals surface area contributed by atoms with Crippen molar-refractivity contribution >= 4 is 10.4 Å². The molecule has 0 fully saturated rings. The maximum absolute atomic E-state index is 10.7. The Hall–Kier alpha value is -1.76. The molecule has 1 heterocycles. The zero-order valence-electron chi connectivity index (χ0n) is 10.5. The molecule has 6 heteroatoms. The zero-order valence-corrected chi connectivity index (χ0v) is 11.3. The number of aromatic nitrogens is 1. The molecule has 0 atom stereocenters. The number of nitrogens with zero attached hydrogens (tertiary/aromatic N) is 1. The minimum atomic E-state index is -3.82. The average Bonchev–Trinajstić information content (AvgIpc) is 2.49. The van der Waals surface area contributed by atoms with Crippen LogP contribution in [-0.2, 0) is 25.4 Å². The molecule has 0 radical (unpaired) electrons. The van der Waals surface area contributed by atoms with Gasteiger partial charge in [-0.1, -0.05) is 36.4 Å². The van der Waals surface area contributed by atoms with Gasteiger partial charge < -0.3 is 0 Å². The highest BCUT2D eigenvalue weighted by Crippen LogP contribution is 2.03. The van der Waals surface area contributed by atoms with E-state index in [1.54, 1.807) is 36.7 Å². The predicted octanol–water partition coefficient (Wildman–Crippen LogP) is 2.18. The second-order valence-corrected chi connectivity index (χ2v) is 4.73. The van der Waals surface area contributed by atoms with E-state index in [2.05, 4.69) is 13.4 Å². The Balaban J connectivity index is 0.000000250. The van der Waals surface area contributed by atoms with Crippen LogP contribution in [0.3, 0.4) is 0 Å². The lowest BCUT2D eigenvalue weighted by atomic mass is 10.2. The minimum Gasteiger partial charge on any atom is -0.265 e. The Morgan fingerprint density at radius 2 is 1.58 bits per heavy atom. The van der Waals surface area contributed by atoms with Gasteiger partial charge in [0.05, 0.1) is 13.7 Å². The van der Waals surface area contributed by atoms with Crippen LogP contribution >= 0.6 is 0 Å². The maximum atomic E-state index is 10.7. The molecule has 0 aliphatic rings. The van der Waals surface area contributed by atoms with E-state index in [1.165, 1.54) is 0 Å². The Kier molecular flexibility index (Phi) is 6.73. The highest BCUT2D eigenvalue weighted by atomic mass is 32.3. The Morgan fingerprint density at radius 1 is 1.00 bits per heavy atom. The maximum Gasteiger partial charge on any atom is 0.399 e. The fourth-order valence-corrected chi connectivity index (χ4v) is 1.45. The normalized spacial score (nSPS) is 10.4. The highest BCUT2D eigenvalue weighted by Gasteiger charge is 2.07. The fourth-order valence-electron chi connectivity index (χ4n) is 1.08. The summed E-state index contributed by atoms with van der Waals surface area (Å²) in [6, 6.07) is 14.7. The third-order valence-corrected chi connectivity index (χ3v) is 2.80. The molecular formula is C13H15NO4S. The summed E-state index contributed by atoms with van der Waals surface area (Å²) >= 11 is 0. The van der Waals surface area contributed by atoms with Crippen molar-refractivity contribution < 1.29 is 16.8 Å². The summed E-state index contributed by atoms with van der Waals surface area (Å²) in [4.78, 5) is 3.78. The molecule has 0 amide bonds. The molecule has 0 spiro atoms. The molecule has 1 aromatic carbocycles. The molecular weight excluding hydrogens is 266 g/mol. The van der Waals surface area contributed by atoms with E-state index in [4.69, 9.17) is 0 Å². The smallest absolute Gasteiger partial charge is 0.265 e. The van der Waals surface area contributed by atoms with Crippen molar-refractivity contribution in [1.82, 2.24) is 4.98 Å². The van der Waals surface area contributed by atoms with Crippen LogP contribution in [0.4, 0.5) is 0 Å². The van der Waals surface area contributed by atoms with Crippen molar-refractivity contribution in [2.75, 3.05) is 7.11 Å². The predicted molar refractivity (Wildman–Crippen MR) is 71.4 cm³/mol. The average molecular weight is 281 g/mol. The van der Waals surface area contributed by atoms with Crippen molar-refractivity contribution in [3.8, 4) is 0 Å². The van der Waals surface area contributed by atoms with Gasteiger partial charge in [-0.2, -0.15) is 8.42 Å². The standard InChI is InChI=1S/C8H10O4S.C5H5N/c1-11-13(9,10)12-7-8-5-3-2-4-6-8;1-2-4-6-5-3-1/h2-6H,7H2,1H3;1-5H. The first kappa shape index (κ1) is 15.3. The number of hydrogen-bond donors (Lipinski definition) is 0. The van der Waals surface area contributed by atoms with Crippen LogP contribution in [-0.4, -0.2) is 20.5 Å². The topological polar surface area (TPSA) is 65.5 Å². The van der Waals surface area contributed by atoms with E-state index >= 15 is 0 Å². The van der Waals surface area contributed by atoms with Crippen molar-refractivity contribution in [3.05, 3.63) is 66.5 Å². The Labute approximate surface area is 113 Å². The lowest BCUT2D eigenvalue weighted by molar-refractivity contribution is 0.236. The van der Waals surface area contributed by atoms with Crippen LogP contribution in [0.1, 0.15) is 5.56 Å².